The molecule has 1 saturated carbocycles. The number of rotatable bonds is 4. The molecular formula is C24H27Cl3N2O. The summed E-state index contributed by atoms with van der Waals surface area (Å²) in [7, 11) is 0. The normalized spacial score (nSPS) is 20.4. The van der Waals surface area contributed by atoms with Crippen molar-refractivity contribution in [3.05, 3.63) is 63.1 Å². The Balaban J connectivity index is 1.56. The molecule has 2 aromatic rings. The number of carbonyl (C=O) groups excluding carboxylic acids is 1. The number of nitrogens with zero attached hydrogens (tertiary/aromatic N) is 2. The lowest BCUT2D eigenvalue weighted by atomic mass is 9.86. The van der Waals surface area contributed by atoms with Crippen LogP contribution in [-0.2, 0) is 4.79 Å². The van der Waals surface area contributed by atoms with Crippen molar-refractivity contribution in [1.29, 1.82) is 0 Å². The number of amides is 1. The molecule has 1 heterocycles. The Morgan fingerprint density at radius 2 is 1.60 bits per heavy atom. The molecule has 1 saturated heterocycles. The van der Waals surface area contributed by atoms with Crippen LogP contribution in [0.2, 0.25) is 15.1 Å². The number of benzene rings is 2. The number of carbonyl (C=O) groups is 1. The highest BCUT2D eigenvalue weighted by Gasteiger charge is 2.32. The first-order valence-electron chi connectivity index (χ1n) is 10.8. The van der Waals surface area contributed by atoms with Gasteiger partial charge in [0, 0.05) is 36.1 Å². The first kappa shape index (κ1) is 21.8. The molecule has 0 spiro atoms. The van der Waals surface area contributed by atoms with Crippen LogP contribution in [0.3, 0.4) is 0 Å². The lowest BCUT2D eigenvalue weighted by Crippen LogP contribution is -2.51. The molecule has 0 radical (unpaired) electrons. The van der Waals surface area contributed by atoms with E-state index >= 15 is 0 Å². The summed E-state index contributed by atoms with van der Waals surface area (Å²) in [6.45, 7) is 2.08. The molecule has 4 rings (SSSR count). The van der Waals surface area contributed by atoms with Crippen molar-refractivity contribution < 1.29 is 4.79 Å². The Kier molecular flexibility index (Phi) is 7.12. The zero-order valence-electron chi connectivity index (χ0n) is 17.0. The Hall–Kier alpha value is -1.42. The molecule has 1 aliphatic heterocycles. The van der Waals surface area contributed by atoms with Crippen LogP contribution in [-0.4, -0.2) is 30.4 Å². The predicted octanol–water partition coefficient (Wildman–Crippen LogP) is 7.01. The molecule has 0 bridgehead atoms. The maximum Gasteiger partial charge on any atom is 0.222 e. The molecule has 1 amide bonds. The van der Waals surface area contributed by atoms with Gasteiger partial charge in [0.1, 0.15) is 0 Å². The van der Waals surface area contributed by atoms with Crippen LogP contribution in [0.15, 0.2) is 42.5 Å². The Morgan fingerprint density at radius 3 is 2.30 bits per heavy atom. The van der Waals surface area contributed by atoms with Crippen LogP contribution < -0.4 is 4.90 Å². The summed E-state index contributed by atoms with van der Waals surface area (Å²) < 4.78 is 0. The van der Waals surface area contributed by atoms with E-state index in [1.165, 1.54) is 32.1 Å². The van der Waals surface area contributed by atoms with E-state index in [9.17, 15) is 4.79 Å². The van der Waals surface area contributed by atoms with Gasteiger partial charge < -0.3 is 9.80 Å². The summed E-state index contributed by atoms with van der Waals surface area (Å²) in [5.41, 5.74) is 2.07. The van der Waals surface area contributed by atoms with E-state index in [0.29, 0.717) is 40.5 Å². The average molecular weight is 466 g/mol. The molecule has 2 aliphatic rings. The van der Waals surface area contributed by atoms with Gasteiger partial charge in [-0.05, 0) is 54.7 Å². The minimum absolute atomic E-state index is 0.0185. The van der Waals surface area contributed by atoms with Crippen LogP contribution in [0.25, 0.3) is 0 Å². The fraction of sp³-hybridized carbons (Fsp3) is 0.458. The van der Waals surface area contributed by atoms with E-state index in [4.69, 9.17) is 34.8 Å². The van der Waals surface area contributed by atoms with Crippen LogP contribution in [0, 0.1) is 5.92 Å². The zero-order valence-corrected chi connectivity index (χ0v) is 19.3. The molecule has 2 fully saturated rings. The third-order valence-electron chi connectivity index (χ3n) is 6.40. The van der Waals surface area contributed by atoms with E-state index in [2.05, 4.69) is 4.90 Å². The second-order valence-corrected chi connectivity index (χ2v) is 9.68. The molecular weight excluding hydrogens is 439 g/mol. The molecule has 0 aromatic heterocycles. The summed E-state index contributed by atoms with van der Waals surface area (Å²) in [6.07, 6.45) is 6.88. The number of hydrogen-bond acceptors (Lipinski definition) is 2. The maximum atomic E-state index is 13.1. The first-order valence-corrected chi connectivity index (χ1v) is 11.9. The molecule has 1 atom stereocenters. The van der Waals surface area contributed by atoms with Gasteiger partial charge in [0.15, 0.2) is 0 Å². The number of halogens is 3. The highest BCUT2D eigenvalue weighted by molar-refractivity contribution is 6.36. The summed E-state index contributed by atoms with van der Waals surface area (Å²) in [5, 5.41) is 1.95. The van der Waals surface area contributed by atoms with Crippen molar-refractivity contribution >= 4 is 46.4 Å². The van der Waals surface area contributed by atoms with Gasteiger partial charge >= 0.3 is 0 Å². The van der Waals surface area contributed by atoms with Gasteiger partial charge in [0.05, 0.1) is 16.8 Å². The summed E-state index contributed by atoms with van der Waals surface area (Å²) in [6, 6.07) is 13.5. The van der Waals surface area contributed by atoms with E-state index in [1.807, 2.05) is 41.3 Å². The molecule has 6 heteroatoms. The number of anilines is 1. The van der Waals surface area contributed by atoms with Crippen molar-refractivity contribution in [2.24, 2.45) is 5.92 Å². The quantitative estimate of drug-likeness (QED) is 0.485. The number of piperazine rings is 1. The summed E-state index contributed by atoms with van der Waals surface area (Å²) in [5.74, 6) is 0.826. The van der Waals surface area contributed by atoms with Crippen molar-refractivity contribution in [3.63, 3.8) is 0 Å². The third-order valence-corrected chi connectivity index (χ3v) is 7.18. The Morgan fingerprint density at radius 1 is 0.900 bits per heavy atom. The van der Waals surface area contributed by atoms with Crippen LogP contribution >= 0.6 is 34.8 Å². The highest BCUT2D eigenvalue weighted by Crippen LogP contribution is 2.37. The maximum absolute atomic E-state index is 13.1. The first-order chi connectivity index (χ1) is 14.5. The summed E-state index contributed by atoms with van der Waals surface area (Å²) in [4.78, 5) is 17.4. The Bertz CT molecular complexity index is 881. The van der Waals surface area contributed by atoms with Gasteiger partial charge in [-0.3, -0.25) is 4.79 Å². The van der Waals surface area contributed by atoms with E-state index in [-0.39, 0.29) is 11.9 Å². The fourth-order valence-corrected chi connectivity index (χ4v) is 5.39. The van der Waals surface area contributed by atoms with E-state index < -0.39 is 0 Å². The van der Waals surface area contributed by atoms with Crippen LogP contribution in [0.1, 0.15) is 50.1 Å². The van der Waals surface area contributed by atoms with Crippen molar-refractivity contribution in [3.8, 4) is 0 Å². The van der Waals surface area contributed by atoms with Gasteiger partial charge in [0.2, 0.25) is 5.91 Å². The lowest BCUT2D eigenvalue weighted by Gasteiger charge is -2.43. The van der Waals surface area contributed by atoms with E-state index in [0.717, 1.165) is 17.8 Å². The molecule has 3 nitrogen and oxygen atoms in total. The standard InChI is InChI=1S/C24H27Cl3N2O/c25-19-8-6-18(7-9-19)23-16-28(24(30)14-17-4-2-1-3-5-17)12-13-29(23)22-11-10-20(26)15-21(22)27/h6-11,15,17,23H,1-5,12-14,16H2/t23-/m0/s1. The zero-order chi connectivity index (χ0) is 21.1. The Labute approximate surface area is 193 Å². The van der Waals surface area contributed by atoms with Gasteiger partial charge in [-0.1, -0.05) is 66.2 Å². The predicted molar refractivity (Wildman–Crippen MR) is 126 cm³/mol. The molecule has 30 heavy (non-hydrogen) atoms. The monoisotopic (exact) mass is 464 g/mol. The smallest absolute Gasteiger partial charge is 0.222 e. The minimum atomic E-state index is 0.0185. The van der Waals surface area contributed by atoms with Crippen molar-refractivity contribution in [1.82, 2.24) is 4.90 Å². The van der Waals surface area contributed by atoms with Crippen molar-refractivity contribution in [2.45, 2.75) is 44.6 Å². The molecule has 0 unspecified atom stereocenters. The number of hydrogen-bond donors (Lipinski definition) is 0. The fourth-order valence-electron chi connectivity index (χ4n) is 4.75. The average Bonchev–Trinajstić information content (AvgIpc) is 2.75. The molecule has 2 aromatic carbocycles. The lowest BCUT2D eigenvalue weighted by molar-refractivity contribution is -0.133. The van der Waals surface area contributed by atoms with E-state index in [1.54, 1.807) is 6.07 Å². The minimum Gasteiger partial charge on any atom is -0.360 e. The molecule has 1 aliphatic carbocycles. The largest absolute Gasteiger partial charge is 0.360 e. The third kappa shape index (κ3) is 5.07. The topological polar surface area (TPSA) is 23.6 Å². The second kappa shape index (κ2) is 9.80. The molecule has 0 N–H and O–H groups in total. The van der Waals surface area contributed by atoms with Gasteiger partial charge in [-0.15, -0.1) is 0 Å². The SMILES string of the molecule is O=C(CC1CCCCC1)N1CCN(c2ccc(Cl)cc2Cl)[C@H](c2ccc(Cl)cc2)C1. The van der Waals surface area contributed by atoms with Gasteiger partial charge in [-0.2, -0.15) is 0 Å². The molecule has 160 valence electrons. The van der Waals surface area contributed by atoms with Crippen molar-refractivity contribution in [2.75, 3.05) is 24.5 Å². The highest BCUT2D eigenvalue weighted by atomic mass is 35.5. The van der Waals surface area contributed by atoms with Crippen LogP contribution in [0.5, 0.6) is 0 Å². The van der Waals surface area contributed by atoms with Gasteiger partial charge in [0.25, 0.3) is 0 Å². The van der Waals surface area contributed by atoms with Crippen LogP contribution in [0.4, 0.5) is 5.69 Å². The van der Waals surface area contributed by atoms with Gasteiger partial charge in [-0.25, -0.2) is 0 Å². The second-order valence-electron chi connectivity index (χ2n) is 8.40. The summed E-state index contributed by atoms with van der Waals surface area (Å²) >= 11 is 18.8.